The monoisotopic (exact) mass is 374 g/mol. The number of aromatic carboxylic acids is 1. The van der Waals surface area contributed by atoms with Crippen LogP contribution in [0, 0.1) is 6.92 Å². The number of anilines is 1. The van der Waals surface area contributed by atoms with Crippen molar-refractivity contribution in [2.24, 2.45) is 0 Å². The van der Waals surface area contributed by atoms with Crippen LogP contribution in [-0.4, -0.2) is 22.0 Å². The summed E-state index contributed by atoms with van der Waals surface area (Å²) in [5.41, 5.74) is 1.22. The largest absolute Gasteiger partial charge is 0.476 e. The molecular weight excluding hydrogens is 368 g/mol. The summed E-state index contributed by atoms with van der Waals surface area (Å²) in [6, 6.07) is 3.40. The molecule has 2 N–H and O–H groups in total. The number of benzene rings is 1. The lowest BCUT2D eigenvalue weighted by atomic mass is 10.2. The van der Waals surface area contributed by atoms with Gasteiger partial charge in [0.15, 0.2) is 10.7 Å². The standard InChI is InChI=1S/C12H8BrClN2O3S/c1-5-2-6(13)8(3-7(5)14)15-10(17)11-16-9(4-20-11)12(18)19/h2-4H,1H3,(H,15,17)(H,18,19). The van der Waals surface area contributed by atoms with Crippen LogP contribution in [0.15, 0.2) is 22.0 Å². The van der Waals surface area contributed by atoms with E-state index in [1.165, 1.54) is 5.38 Å². The Balaban J connectivity index is 2.23. The van der Waals surface area contributed by atoms with Crippen LogP contribution < -0.4 is 5.32 Å². The van der Waals surface area contributed by atoms with Gasteiger partial charge in [0.2, 0.25) is 0 Å². The predicted octanol–water partition coefficient (Wildman–Crippen LogP) is 3.82. The third-order valence-electron chi connectivity index (χ3n) is 2.41. The van der Waals surface area contributed by atoms with Gasteiger partial charge < -0.3 is 10.4 Å². The number of aromatic nitrogens is 1. The van der Waals surface area contributed by atoms with Crippen LogP contribution in [0.5, 0.6) is 0 Å². The number of rotatable bonds is 3. The minimum Gasteiger partial charge on any atom is -0.476 e. The van der Waals surface area contributed by atoms with Crippen LogP contribution in [0.2, 0.25) is 5.02 Å². The van der Waals surface area contributed by atoms with Gasteiger partial charge in [-0.2, -0.15) is 0 Å². The first-order chi connectivity index (χ1) is 9.38. The van der Waals surface area contributed by atoms with Crippen LogP contribution in [0.25, 0.3) is 0 Å². The molecule has 0 aliphatic rings. The van der Waals surface area contributed by atoms with E-state index < -0.39 is 11.9 Å². The van der Waals surface area contributed by atoms with Gasteiger partial charge in [-0.3, -0.25) is 4.79 Å². The summed E-state index contributed by atoms with van der Waals surface area (Å²) in [5, 5.41) is 13.3. The molecule has 5 nitrogen and oxygen atoms in total. The molecular formula is C12H8BrClN2O3S. The number of halogens is 2. The highest BCUT2D eigenvalue weighted by Crippen LogP contribution is 2.29. The maximum Gasteiger partial charge on any atom is 0.355 e. The fourth-order valence-electron chi connectivity index (χ4n) is 1.39. The van der Waals surface area contributed by atoms with Crippen molar-refractivity contribution in [3.8, 4) is 0 Å². The molecule has 0 fully saturated rings. The van der Waals surface area contributed by atoms with E-state index >= 15 is 0 Å². The highest BCUT2D eigenvalue weighted by molar-refractivity contribution is 9.10. The van der Waals surface area contributed by atoms with E-state index in [0.29, 0.717) is 15.2 Å². The number of thiazole rings is 1. The molecule has 0 saturated carbocycles. The first-order valence-corrected chi connectivity index (χ1v) is 7.39. The number of carbonyl (C=O) groups excluding carboxylic acids is 1. The van der Waals surface area contributed by atoms with E-state index in [1.54, 1.807) is 12.1 Å². The van der Waals surface area contributed by atoms with Gasteiger partial charge in [0.05, 0.1) is 5.69 Å². The normalized spacial score (nSPS) is 10.3. The number of carbonyl (C=O) groups is 2. The van der Waals surface area contributed by atoms with E-state index in [9.17, 15) is 9.59 Å². The molecule has 1 aromatic carbocycles. The highest BCUT2D eigenvalue weighted by Gasteiger charge is 2.16. The summed E-state index contributed by atoms with van der Waals surface area (Å²) in [6.45, 7) is 1.85. The average Bonchev–Trinajstić information content (AvgIpc) is 2.85. The van der Waals surface area contributed by atoms with E-state index in [4.69, 9.17) is 16.7 Å². The topological polar surface area (TPSA) is 79.3 Å². The number of carboxylic acids is 1. The van der Waals surface area contributed by atoms with Crippen LogP contribution >= 0.6 is 38.9 Å². The number of nitrogens with one attached hydrogen (secondary N) is 1. The average molecular weight is 376 g/mol. The SMILES string of the molecule is Cc1cc(Br)c(NC(=O)c2nc(C(=O)O)cs2)cc1Cl. The lowest BCUT2D eigenvalue weighted by Crippen LogP contribution is -2.12. The van der Waals surface area contributed by atoms with Gasteiger partial charge in [0, 0.05) is 14.9 Å². The Bertz CT molecular complexity index is 702. The van der Waals surface area contributed by atoms with Crippen molar-refractivity contribution < 1.29 is 14.7 Å². The van der Waals surface area contributed by atoms with Gasteiger partial charge in [0.1, 0.15) is 0 Å². The van der Waals surface area contributed by atoms with Gasteiger partial charge >= 0.3 is 5.97 Å². The van der Waals surface area contributed by atoms with Gasteiger partial charge in [-0.1, -0.05) is 11.6 Å². The fraction of sp³-hybridized carbons (Fsp3) is 0.0833. The molecule has 8 heteroatoms. The number of hydrogen-bond donors (Lipinski definition) is 2. The number of amides is 1. The second-order valence-corrected chi connectivity index (χ2v) is 6.00. The third-order valence-corrected chi connectivity index (χ3v) is 4.32. The zero-order valence-corrected chi connectivity index (χ0v) is 13.3. The van der Waals surface area contributed by atoms with Gasteiger partial charge in [0.25, 0.3) is 5.91 Å². The molecule has 1 amide bonds. The van der Waals surface area contributed by atoms with Crippen molar-refractivity contribution in [1.29, 1.82) is 0 Å². The van der Waals surface area contributed by atoms with Crippen molar-refractivity contribution in [3.63, 3.8) is 0 Å². The quantitative estimate of drug-likeness (QED) is 0.855. The molecule has 20 heavy (non-hydrogen) atoms. The smallest absolute Gasteiger partial charge is 0.355 e. The molecule has 2 aromatic rings. The summed E-state index contributed by atoms with van der Waals surface area (Å²) in [4.78, 5) is 26.4. The van der Waals surface area contributed by atoms with Crippen LogP contribution in [0.4, 0.5) is 5.69 Å². The minimum absolute atomic E-state index is 0.0750. The van der Waals surface area contributed by atoms with Gasteiger partial charge in [-0.05, 0) is 40.5 Å². The van der Waals surface area contributed by atoms with Crippen molar-refractivity contribution in [2.45, 2.75) is 6.92 Å². The first-order valence-electron chi connectivity index (χ1n) is 5.34. The molecule has 2 rings (SSSR count). The number of nitrogens with zero attached hydrogens (tertiary/aromatic N) is 1. The number of hydrogen-bond acceptors (Lipinski definition) is 4. The lowest BCUT2D eigenvalue weighted by molar-refractivity contribution is 0.0691. The van der Waals surface area contributed by atoms with Crippen LogP contribution in [-0.2, 0) is 0 Å². The Labute approximate surface area is 131 Å². The van der Waals surface area contributed by atoms with Crippen molar-refractivity contribution in [1.82, 2.24) is 4.98 Å². The lowest BCUT2D eigenvalue weighted by Gasteiger charge is -2.08. The zero-order chi connectivity index (χ0) is 14.9. The summed E-state index contributed by atoms with van der Waals surface area (Å²) < 4.78 is 0.683. The summed E-state index contributed by atoms with van der Waals surface area (Å²) >= 11 is 10.3. The molecule has 0 unspecified atom stereocenters. The molecule has 0 aliphatic heterocycles. The summed E-state index contributed by atoms with van der Waals surface area (Å²) in [6.07, 6.45) is 0. The van der Waals surface area contributed by atoms with Crippen LogP contribution in [0.3, 0.4) is 0 Å². The zero-order valence-electron chi connectivity index (χ0n) is 10.1. The Morgan fingerprint density at radius 2 is 2.15 bits per heavy atom. The molecule has 0 atom stereocenters. The highest BCUT2D eigenvalue weighted by atomic mass is 79.9. The number of carboxylic acid groups (broad SMARTS) is 1. The Morgan fingerprint density at radius 1 is 1.45 bits per heavy atom. The Kier molecular flexibility index (Phi) is 4.42. The van der Waals surface area contributed by atoms with Crippen LogP contribution in [0.1, 0.15) is 25.9 Å². The Morgan fingerprint density at radius 3 is 2.75 bits per heavy atom. The molecule has 0 bridgehead atoms. The van der Waals surface area contributed by atoms with Crippen molar-refractivity contribution >= 4 is 56.4 Å². The molecule has 0 spiro atoms. The molecule has 1 heterocycles. The van der Waals surface area contributed by atoms with Gasteiger partial charge in [-0.25, -0.2) is 9.78 Å². The summed E-state index contributed by atoms with van der Waals surface area (Å²) in [5.74, 6) is -1.65. The van der Waals surface area contributed by atoms with Crippen molar-refractivity contribution in [2.75, 3.05) is 5.32 Å². The minimum atomic E-state index is -1.17. The van der Waals surface area contributed by atoms with Gasteiger partial charge in [-0.15, -0.1) is 11.3 Å². The number of aryl methyl sites for hydroxylation is 1. The van der Waals surface area contributed by atoms with E-state index in [0.717, 1.165) is 16.9 Å². The predicted molar refractivity (Wildman–Crippen MR) is 80.9 cm³/mol. The van der Waals surface area contributed by atoms with E-state index in [-0.39, 0.29) is 10.7 Å². The molecule has 0 radical (unpaired) electrons. The third kappa shape index (κ3) is 3.17. The van der Waals surface area contributed by atoms with E-state index in [2.05, 4.69) is 26.2 Å². The molecule has 0 aliphatic carbocycles. The molecule has 0 saturated heterocycles. The maximum atomic E-state index is 12.0. The summed E-state index contributed by atoms with van der Waals surface area (Å²) in [7, 11) is 0. The molecule has 104 valence electrons. The van der Waals surface area contributed by atoms with E-state index in [1.807, 2.05) is 6.92 Å². The molecule has 1 aromatic heterocycles. The Hall–Kier alpha value is -1.44. The van der Waals surface area contributed by atoms with Crippen molar-refractivity contribution in [3.05, 3.63) is 43.3 Å². The fourth-order valence-corrected chi connectivity index (χ4v) is 2.80. The maximum absolute atomic E-state index is 12.0. The first kappa shape index (κ1) is 15.0. The second-order valence-electron chi connectivity index (χ2n) is 3.88. The second kappa shape index (κ2) is 5.90.